The summed E-state index contributed by atoms with van der Waals surface area (Å²) < 4.78 is 5.59. The summed E-state index contributed by atoms with van der Waals surface area (Å²) in [4.78, 5) is 7.84. The number of aliphatic hydroxyl groups is 1. The fourth-order valence-corrected chi connectivity index (χ4v) is 1.45. The molecule has 2 rings (SSSR count). The Morgan fingerprint density at radius 3 is 3.00 bits per heavy atom. The molecule has 0 spiro atoms. The molecule has 1 N–H and O–H groups in total. The van der Waals surface area contributed by atoms with E-state index >= 15 is 0 Å². The number of aliphatic hydroxyl groups excluding tert-OH is 1. The third-order valence-corrected chi connectivity index (χ3v) is 2.37. The van der Waals surface area contributed by atoms with E-state index in [9.17, 15) is 0 Å². The van der Waals surface area contributed by atoms with Crippen molar-refractivity contribution in [3.05, 3.63) is 46.9 Å². The third kappa shape index (κ3) is 2.93. The lowest BCUT2D eigenvalue weighted by molar-refractivity contribution is 0.281. The van der Waals surface area contributed by atoms with E-state index in [1.54, 1.807) is 24.4 Å². The molecule has 5 heteroatoms. The maximum atomic E-state index is 9.02. The molecule has 0 fully saturated rings. The number of hydrogen-bond donors (Lipinski definition) is 1. The maximum absolute atomic E-state index is 9.02. The second-order valence-electron chi connectivity index (χ2n) is 3.53. The largest absolute Gasteiger partial charge is 0.439 e. The van der Waals surface area contributed by atoms with Gasteiger partial charge in [0.1, 0.15) is 5.75 Å². The van der Waals surface area contributed by atoms with E-state index in [0.717, 1.165) is 11.1 Å². The Labute approximate surface area is 104 Å². The molecule has 0 amide bonds. The van der Waals surface area contributed by atoms with Crippen molar-refractivity contribution in [1.82, 2.24) is 9.97 Å². The van der Waals surface area contributed by atoms with E-state index in [0.29, 0.717) is 11.6 Å². The summed E-state index contributed by atoms with van der Waals surface area (Å²) in [5, 5.41) is 9.17. The number of hydrogen-bond acceptors (Lipinski definition) is 4. The molecule has 88 valence electrons. The summed E-state index contributed by atoms with van der Waals surface area (Å²) >= 11 is 5.70. The highest BCUT2D eigenvalue weighted by Crippen LogP contribution is 2.24. The van der Waals surface area contributed by atoms with Crippen LogP contribution < -0.4 is 4.74 Å². The number of nitrogens with zero attached hydrogens (tertiary/aromatic N) is 2. The molecule has 0 bridgehead atoms. The normalized spacial score (nSPS) is 10.3. The zero-order valence-electron chi connectivity index (χ0n) is 9.22. The van der Waals surface area contributed by atoms with Gasteiger partial charge in [-0.3, -0.25) is 0 Å². The monoisotopic (exact) mass is 250 g/mol. The Morgan fingerprint density at radius 2 is 2.24 bits per heavy atom. The second-order valence-corrected chi connectivity index (χ2v) is 3.87. The zero-order chi connectivity index (χ0) is 12.3. The molecular formula is C12H11ClN2O2. The van der Waals surface area contributed by atoms with Crippen LogP contribution in [0.5, 0.6) is 11.6 Å². The highest BCUT2D eigenvalue weighted by molar-refractivity contribution is 6.28. The lowest BCUT2D eigenvalue weighted by Gasteiger charge is -2.08. The molecule has 0 saturated heterocycles. The lowest BCUT2D eigenvalue weighted by Crippen LogP contribution is -1.94. The Morgan fingerprint density at radius 1 is 1.41 bits per heavy atom. The molecule has 0 aliphatic carbocycles. The van der Waals surface area contributed by atoms with E-state index in [2.05, 4.69) is 9.97 Å². The van der Waals surface area contributed by atoms with Gasteiger partial charge in [0, 0.05) is 11.8 Å². The molecule has 2 aromatic rings. The average Bonchev–Trinajstić information content (AvgIpc) is 2.34. The molecule has 0 aliphatic rings. The van der Waals surface area contributed by atoms with Gasteiger partial charge in [0.2, 0.25) is 11.2 Å². The van der Waals surface area contributed by atoms with E-state index in [-0.39, 0.29) is 11.9 Å². The van der Waals surface area contributed by atoms with Gasteiger partial charge in [0.15, 0.2) is 0 Å². The molecule has 17 heavy (non-hydrogen) atoms. The number of benzene rings is 1. The first-order valence-electron chi connectivity index (χ1n) is 5.06. The van der Waals surface area contributed by atoms with Crippen molar-refractivity contribution in [2.24, 2.45) is 0 Å². The van der Waals surface area contributed by atoms with Crippen molar-refractivity contribution in [3.8, 4) is 11.6 Å². The smallest absolute Gasteiger partial charge is 0.226 e. The molecule has 4 nitrogen and oxygen atoms in total. The summed E-state index contributed by atoms with van der Waals surface area (Å²) in [6.45, 7) is 1.81. The van der Waals surface area contributed by atoms with Crippen LogP contribution in [-0.4, -0.2) is 15.1 Å². The van der Waals surface area contributed by atoms with Crippen molar-refractivity contribution < 1.29 is 9.84 Å². The fraction of sp³-hybridized carbons (Fsp3) is 0.167. The van der Waals surface area contributed by atoms with Crippen LogP contribution in [0.15, 0.2) is 30.5 Å². The van der Waals surface area contributed by atoms with E-state index in [1.807, 2.05) is 13.0 Å². The molecule has 1 aromatic carbocycles. The lowest BCUT2D eigenvalue weighted by atomic mass is 10.2. The van der Waals surface area contributed by atoms with Crippen molar-refractivity contribution >= 4 is 11.6 Å². The van der Waals surface area contributed by atoms with Crippen LogP contribution in [-0.2, 0) is 6.61 Å². The van der Waals surface area contributed by atoms with Crippen LogP contribution in [0.3, 0.4) is 0 Å². The molecular weight excluding hydrogens is 240 g/mol. The number of aromatic nitrogens is 2. The Kier molecular flexibility index (Phi) is 3.56. The van der Waals surface area contributed by atoms with Crippen LogP contribution in [0.2, 0.25) is 5.28 Å². The summed E-state index contributed by atoms with van der Waals surface area (Å²) in [5.41, 5.74) is 1.57. The van der Waals surface area contributed by atoms with Crippen LogP contribution in [0, 0.1) is 6.92 Å². The van der Waals surface area contributed by atoms with Crippen LogP contribution >= 0.6 is 11.6 Å². The molecule has 0 atom stereocenters. The summed E-state index contributed by atoms with van der Waals surface area (Å²) in [6.07, 6.45) is 1.60. The van der Waals surface area contributed by atoms with Gasteiger partial charge in [-0.1, -0.05) is 12.1 Å². The molecule has 1 aromatic heterocycles. The maximum Gasteiger partial charge on any atom is 0.226 e. The van der Waals surface area contributed by atoms with Crippen LogP contribution in [0.4, 0.5) is 0 Å². The van der Waals surface area contributed by atoms with Crippen molar-refractivity contribution in [2.75, 3.05) is 0 Å². The topological polar surface area (TPSA) is 55.2 Å². The predicted molar refractivity (Wildman–Crippen MR) is 64.2 cm³/mol. The quantitative estimate of drug-likeness (QED) is 0.851. The second kappa shape index (κ2) is 5.12. The minimum Gasteiger partial charge on any atom is -0.439 e. The van der Waals surface area contributed by atoms with Gasteiger partial charge < -0.3 is 9.84 Å². The fourth-order valence-electron chi connectivity index (χ4n) is 1.33. The number of ether oxygens (including phenoxy) is 1. The van der Waals surface area contributed by atoms with Crippen molar-refractivity contribution in [3.63, 3.8) is 0 Å². The van der Waals surface area contributed by atoms with Gasteiger partial charge in [0.05, 0.1) is 6.61 Å². The summed E-state index contributed by atoms with van der Waals surface area (Å²) in [5.74, 6) is 1.02. The van der Waals surface area contributed by atoms with E-state index < -0.39 is 0 Å². The van der Waals surface area contributed by atoms with E-state index in [1.165, 1.54) is 0 Å². The van der Waals surface area contributed by atoms with Crippen molar-refractivity contribution in [2.45, 2.75) is 13.5 Å². The molecule has 0 aliphatic heterocycles. The first kappa shape index (κ1) is 11.8. The highest BCUT2D eigenvalue weighted by atomic mass is 35.5. The molecule has 0 saturated carbocycles. The van der Waals surface area contributed by atoms with Gasteiger partial charge in [-0.25, -0.2) is 4.98 Å². The molecule has 0 unspecified atom stereocenters. The molecule has 1 heterocycles. The average molecular weight is 251 g/mol. The summed E-state index contributed by atoms with van der Waals surface area (Å²) in [7, 11) is 0. The zero-order valence-corrected chi connectivity index (χ0v) is 9.98. The minimum absolute atomic E-state index is 0.0271. The molecule has 0 radical (unpaired) electrons. The first-order valence-corrected chi connectivity index (χ1v) is 5.43. The van der Waals surface area contributed by atoms with Gasteiger partial charge in [-0.05, 0) is 36.2 Å². The Hall–Kier alpha value is -1.65. The predicted octanol–water partition coefficient (Wildman–Crippen LogP) is 2.72. The third-order valence-electron chi connectivity index (χ3n) is 2.19. The first-order chi connectivity index (χ1) is 8.19. The highest BCUT2D eigenvalue weighted by Gasteiger charge is 2.05. The van der Waals surface area contributed by atoms with Crippen LogP contribution in [0.25, 0.3) is 0 Å². The SMILES string of the molecule is Cc1cnc(Cl)nc1Oc1cccc(CO)c1. The van der Waals surface area contributed by atoms with Gasteiger partial charge in [-0.15, -0.1) is 0 Å². The van der Waals surface area contributed by atoms with Gasteiger partial charge >= 0.3 is 0 Å². The number of aryl methyl sites for hydroxylation is 1. The van der Waals surface area contributed by atoms with Gasteiger partial charge in [0.25, 0.3) is 0 Å². The van der Waals surface area contributed by atoms with Crippen molar-refractivity contribution in [1.29, 1.82) is 0 Å². The van der Waals surface area contributed by atoms with E-state index in [4.69, 9.17) is 21.4 Å². The summed E-state index contributed by atoms with van der Waals surface area (Å²) in [6, 6.07) is 7.15. The minimum atomic E-state index is -0.0271. The Bertz CT molecular complexity index is 532. The van der Waals surface area contributed by atoms with Gasteiger partial charge in [-0.2, -0.15) is 4.98 Å². The number of halogens is 1. The Balaban J connectivity index is 2.27. The standard InChI is InChI=1S/C12H11ClN2O2/c1-8-6-14-12(13)15-11(8)17-10-4-2-3-9(5-10)7-16/h2-6,16H,7H2,1H3. The number of rotatable bonds is 3. The van der Waals surface area contributed by atoms with Crippen LogP contribution in [0.1, 0.15) is 11.1 Å².